The van der Waals surface area contributed by atoms with Gasteiger partial charge in [-0.05, 0) is 60.1 Å². The Morgan fingerprint density at radius 2 is 1.68 bits per heavy atom. The summed E-state index contributed by atoms with van der Waals surface area (Å²) < 4.78 is 5.15. The van der Waals surface area contributed by atoms with E-state index in [0.717, 1.165) is 41.0 Å². The Kier molecular flexibility index (Phi) is 9.93. The van der Waals surface area contributed by atoms with Crippen molar-refractivity contribution in [1.29, 1.82) is 0 Å². The second-order valence-corrected chi connectivity index (χ2v) is 12.4. The van der Waals surface area contributed by atoms with E-state index in [1.54, 1.807) is 18.2 Å². The van der Waals surface area contributed by atoms with Crippen molar-refractivity contribution < 1.29 is 29.0 Å². The average Bonchev–Trinajstić information content (AvgIpc) is 3.40. The number of thioether (sulfide) groups is 1. The van der Waals surface area contributed by atoms with Crippen molar-refractivity contribution >= 4 is 57.5 Å². The Balaban J connectivity index is 1.41. The van der Waals surface area contributed by atoms with Crippen LogP contribution < -0.4 is 10.6 Å². The fourth-order valence-electron chi connectivity index (χ4n) is 5.19. The summed E-state index contributed by atoms with van der Waals surface area (Å²) in [6.45, 7) is 0. The van der Waals surface area contributed by atoms with Crippen LogP contribution in [0.4, 0.5) is 10.7 Å². The molecule has 2 amide bonds. The molecule has 1 aliphatic carbocycles. The molecule has 0 aliphatic heterocycles. The van der Waals surface area contributed by atoms with Gasteiger partial charge in [0.1, 0.15) is 10.3 Å². The third-order valence-corrected chi connectivity index (χ3v) is 9.65. The highest BCUT2D eigenvalue weighted by Gasteiger charge is 2.32. The molecule has 0 bridgehead atoms. The minimum Gasteiger partial charge on any atom is -0.478 e. The predicted octanol–water partition coefficient (Wildman–Crippen LogP) is 6.86. The van der Waals surface area contributed by atoms with Crippen molar-refractivity contribution in [2.24, 2.45) is 0 Å². The number of carboxylic acids is 1. The maximum atomic E-state index is 14.0. The molecule has 0 spiro atoms. The van der Waals surface area contributed by atoms with Gasteiger partial charge in [-0.1, -0.05) is 66.7 Å². The SMILES string of the molecule is COC(=O)c1c(NC(=O)C(Sc2cccc(NC(=O)/C=C/C(=O)O)c2)c2ccccc2)sc2c1CCC(c1ccccc1)C2. The molecular weight excluding hydrogens is 597 g/mol. The van der Waals surface area contributed by atoms with Gasteiger partial charge in [0.25, 0.3) is 0 Å². The molecule has 0 saturated carbocycles. The number of hydrogen-bond donors (Lipinski definition) is 3. The average molecular weight is 627 g/mol. The van der Waals surface area contributed by atoms with Gasteiger partial charge in [0.05, 0.1) is 12.7 Å². The van der Waals surface area contributed by atoms with Crippen molar-refractivity contribution in [1.82, 2.24) is 0 Å². The molecule has 3 N–H and O–H groups in total. The molecule has 0 saturated heterocycles. The number of fused-ring (bicyclic) bond motifs is 1. The van der Waals surface area contributed by atoms with Crippen LogP contribution in [-0.4, -0.2) is 36.0 Å². The van der Waals surface area contributed by atoms with Gasteiger partial charge in [0, 0.05) is 27.6 Å². The van der Waals surface area contributed by atoms with Crippen molar-refractivity contribution in [3.8, 4) is 0 Å². The van der Waals surface area contributed by atoms with Crippen LogP contribution in [-0.2, 0) is 32.0 Å². The molecule has 0 fully saturated rings. The fourth-order valence-corrected chi connectivity index (χ4v) is 7.60. The Morgan fingerprint density at radius 3 is 2.39 bits per heavy atom. The molecule has 0 radical (unpaired) electrons. The smallest absolute Gasteiger partial charge is 0.341 e. The quantitative estimate of drug-likeness (QED) is 0.0999. The lowest BCUT2D eigenvalue weighted by Gasteiger charge is -2.22. The number of anilines is 2. The summed E-state index contributed by atoms with van der Waals surface area (Å²) in [5.74, 6) is -2.25. The second-order valence-electron chi connectivity index (χ2n) is 10.1. The molecule has 2 unspecified atom stereocenters. The summed E-state index contributed by atoms with van der Waals surface area (Å²) >= 11 is 2.72. The molecule has 1 aromatic heterocycles. The maximum Gasteiger partial charge on any atom is 0.341 e. The second kappa shape index (κ2) is 14.2. The number of carbonyl (C=O) groups excluding carboxylic acids is 3. The Morgan fingerprint density at radius 1 is 0.955 bits per heavy atom. The molecule has 2 atom stereocenters. The molecule has 4 aromatic rings. The van der Waals surface area contributed by atoms with Crippen LogP contribution >= 0.6 is 23.1 Å². The number of esters is 1. The first-order chi connectivity index (χ1) is 21.3. The molecule has 224 valence electrons. The topological polar surface area (TPSA) is 122 Å². The van der Waals surface area contributed by atoms with E-state index in [1.165, 1.54) is 35.8 Å². The molecule has 3 aromatic carbocycles. The number of carbonyl (C=O) groups is 4. The summed E-state index contributed by atoms with van der Waals surface area (Å²) in [5.41, 5.74) is 3.83. The van der Waals surface area contributed by atoms with Crippen LogP contribution in [0.25, 0.3) is 0 Å². The van der Waals surface area contributed by atoms with Gasteiger partial charge in [-0.25, -0.2) is 9.59 Å². The van der Waals surface area contributed by atoms with Gasteiger partial charge in [0.2, 0.25) is 11.8 Å². The number of rotatable bonds is 10. The third kappa shape index (κ3) is 7.45. The Hall–Kier alpha value is -4.67. The van der Waals surface area contributed by atoms with E-state index in [2.05, 4.69) is 22.8 Å². The number of nitrogens with one attached hydrogen (secondary N) is 2. The first-order valence-electron chi connectivity index (χ1n) is 13.9. The van der Waals surface area contributed by atoms with Crippen LogP contribution in [0, 0.1) is 0 Å². The normalized spacial score (nSPS) is 14.8. The summed E-state index contributed by atoms with van der Waals surface area (Å²) in [6, 6.07) is 26.6. The monoisotopic (exact) mass is 626 g/mol. The van der Waals surface area contributed by atoms with Gasteiger partial charge in [-0.15, -0.1) is 23.1 Å². The van der Waals surface area contributed by atoms with E-state index in [4.69, 9.17) is 9.84 Å². The number of aliphatic carboxylic acids is 1. The summed E-state index contributed by atoms with van der Waals surface area (Å²) in [4.78, 5) is 51.6. The number of amides is 2. The standard InChI is InChI=1S/C34H30N2O6S2/c1-42-34(41)30-26-16-15-23(21-9-4-2-5-10-21)19-27(26)44-33(30)36-32(40)31(22-11-6-3-7-12-22)43-25-14-8-13-24(20-25)35-28(37)17-18-29(38)39/h2-14,17-18,20,23,31H,15-16,19H2,1H3,(H,35,37)(H,36,40)(H,38,39)/b18-17+. The lowest BCUT2D eigenvalue weighted by molar-refractivity contribution is -0.131. The summed E-state index contributed by atoms with van der Waals surface area (Å²) in [6.07, 6.45) is 4.08. The molecular formula is C34H30N2O6S2. The largest absolute Gasteiger partial charge is 0.478 e. The van der Waals surface area contributed by atoms with Gasteiger partial charge in [-0.2, -0.15) is 0 Å². The Bertz CT molecular complexity index is 1700. The van der Waals surface area contributed by atoms with E-state index < -0.39 is 23.1 Å². The summed E-state index contributed by atoms with van der Waals surface area (Å²) in [7, 11) is 1.35. The van der Waals surface area contributed by atoms with Crippen molar-refractivity contribution in [2.45, 2.75) is 35.3 Å². The van der Waals surface area contributed by atoms with Crippen LogP contribution in [0.3, 0.4) is 0 Å². The van der Waals surface area contributed by atoms with Crippen LogP contribution in [0.1, 0.15) is 49.5 Å². The lowest BCUT2D eigenvalue weighted by atomic mass is 9.83. The fraction of sp³-hybridized carbons (Fsp3) is 0.176. The zero-order valence-corrected chi connectivity index (χ0v) is 25.5. The molecule has 1 heterocycles. The maximum absolute atomic E-state index is 14.0. The molecule has 44 heavy (non-hydrogen) atoms. The summed E-state index contributed by atoms with van der Waals surface area (Å²) in [5, 5.41) is 14.3. The molecule has 1 aliphatic rings. The number of benzene rings is 3. The first-order valence-corrected chi connectivity index (χ1v) is 15.6. The van der Waals surface area contributed by atoms with Crippen LogP contribution in [0.2, 0.25) is 0 Å². The van der Waals surface area contributed by atoms with Gasteiger partial charge < -0.3 is 20.5 Å². The lowest BCUT2D eigenvalue weighted by Crippen LogP contribution is -2.20. The van der Waals surface area contributed by atoms with Crippen molar-refractivity contribution in [3.63, 3.8) is 0 Å². The van der Waals surface area contributed by atoms with E-state index in [1.807, 2.05) is 54.6 Å². The highest BCUT2D eigenvalue weighted by molar-refractivity contribution is 8.00. The number of methoxy groups -OCH3 is 1. The minimum atomic E-state index is -1.22. The van der Waals surface area contributed by atoms with E-state index >= 15 is 0 Å². The van der Waals surface area contributed by atoms with Gasteiger partial charge >= 0.3 is 11.9 Å². The number of thiophene rings is 1. The van der Waals surface area contributed by atoms with E-state index in [-0.39, 0.29) is 5.91 Å². The van der Waals surface area contributed by atoms with Crippen LogP contribution in [0.5, 0.6) is 0 Å². The zero-order chi connectivity index (χ0) is 31.1. The molecule has 10 heteroatoms. The Labute approximate surface area is 263 Å². The van der Waals surface area contributed by atoms with Gasteiger partial charge in [-0.3, -0.25) is 9.59 Å². The minimum absolute atomic E-state index is 0.302. The van der Waals surface area contributed by atoms with Crippen molar-refractivity contribution in [3.05, 3.63) is 124 Å². The predicted molar refractivity (Wildman–Crippen MR) is 172 cm³/mol. The van der Waals surface area contributed by atoms with Gasteiger partial charge in [0.15, 0.2) is 0 Å². The van der Waals surface area contributed by atoms with Crippen molar-refractivity contribution in [2.75, 3.05) is 17.7 Å². The van der Waals surface area contributed by atoms with E-state index in [9.17, 15) is 19.2 Å². The number of ether oxygens (including phenoxy) is 1. The number of carboxylic acid groups (broad SMARTS) is 1. The highest BCUT2D eigenvalue weighted by atomic mass is 32.2. The molecule has 5 rings (SSSR count). The van der Waals surface area contributed by atoms with E-state index in [0.29, 0.717) is 33.5 Å². The highest BCUT2D eigenvalue weighted by Crippen LogP contribution is 2.44. The first kappa shape index (κ1) is 30.8. The third-order valence-electron chi connectivity index (χ3n) is 7.24. The van der Waals surface area contributed by atoms with Crippen LogP contribution in [0.15, 0.2) is 102 Å². The molecule has 8 nitrogen and oxygen atoms in total. The number of hydrogen-bond acceptors (Lipinski definition) is 7. The zero-order valence-electron chi connectivity index (χ0n) is 23.8.